The summed E-state index contributed by atoms with van der Waals surface area (Å²) in [5, 5.41) is 0. The largest absolute Gasteiger partial charge is 0.337 e. The van der Waals surface area contributed by atoms with Gasteiger partial charge in [0.15, 0.2) is 0 Å². The smallest absolute Gasteiger partial charge is 0.210 e. The van der Waals surface area contributed by atoms with E-state index in [-0.39, 0.29) is 0 Å². The Morgan fingerprint density at radius 2 is 2.10 bits per heavy atom. The van der Waals surface area contributed by atoms with Crippen molar-refractivity contribution in [3.63, 3.8) is 0 Å². The molecule has 0 heterocycles. The Kier molecular flexibility index (Phi) is 1.71. The van der Waals surface area contributed by atoms with Crippen LogP contribution in [0.3, 0.4) is 0 Å². The van der Waals surface area contributed by atoms with Gasteiger partial charge in [-0.15, -0.1) is 0 Å². The Hall–Kier alpha value is -0.530. The zero-order valence-corrected chi connectivity index (χ0v) is 6.79. The molecule has 2 heteroatoms. The molecule has 1 atom stereocenters. The van der Waals surface area contributed by atoms with E-state index in [1.165, 1.54) is 0 Å². The summed E-state index contributed by atoms with van der Waals surface area (Å²) >= 11 is 0. The maximum Gasteiger partial charge on any atom is 0.210 e. The van der Waals surface area contributed by atoms with Crippen LogP contribution in [0.1, 0.15) is 27.2 Å². The third kappa shape index (κ3) is 1.15. The molecule has 10 heavy (non-hydrogen) atoms. The van der Waals surface area contributed by atoms with Crippen molar-refractivity contribution >= 4 is 6.41 Å². The summed E-state index contributed by atoms with van der Waals surface area (Å²) in [7, 11) is 0. The van der Waals surface area contributed by atoms with Crippen LogP contribution in [0.5, 0.6) is 0 Å². The number of hydrogen-bond donors (Lipinski definition) is 0. The minimum Gasteiger partial charge on any atom is -0.337 e. The monoisotopic (exact) mass is 140 g/mol. The zero-order valence-electron chi connectivity index (χ0n) is 6.79. The molecule has 0 spiro atoms. The third-order valence-corrected chi connectivity index (χ3v) is 2.24. The third-order valence-electron chi connectivity index (χ3n) is 2.24. The van der Waals surface area contributed by atoms with Crippen molar-refractivity contribution in [1.82, 2.24) is 4.90 Å². The minimum absolute atomic E-state index is 0.355. The Morgan fingerprint density at radius 1 is 1.60 bits per heavy atom. The van der Waals surface area contributed by atoms with Crippen LogP contribution < -0.4 is 0 Å². The van der Waals surface area contributed by atoms with E-state index in [2.05, 4.69) is 13.8 Å². The van der Waals surface area contributed by atoms with Crippen molar-refractivity contribution in [3.8, 4) is 0 Å². The first kappa shape index (κ1) is 7.58. The highest BCUT2D eigenvalue weighted by Gasteiger charge is 2.48. The van der Waals surface area contributed by atoms with Crippen LogP contribution in [0.4, 0.5) is 0 Å². The summed E-state index contributed by atoms with van der Waals surface area (Å²) in [4.78, 5) is 12.2. The van der Waals surface area contributed by atoms with E-state index in [0.717, 1.165) is 12.8 Å². The van der Waals surface area contributed by atoms with Gasteiger partial charge in [-0.2, -0.15) is 0 Å². The van der Waals surface area contributed by atoms with Crippen molar-refractivity contribution in [2.75, 3.05) is 0 Å². The van der Waals surface area contributed by atoms with Gasteiger partial charge in [0.25, 0.3) is 0 Å². The molecule has 0 aromatic rings. The predicted molar refractivity (Wildman–Crippen MR) is 40.1 cm³/mol. The van der Waals surface area contributed by atoms with E-state index in [1.54, 1.807) is 4.90 Å². The fourth-order valence-electron chi connectivity index (χ4n) is 1.26. The molecule has 1 saturated carbocycles. The van der Waals surface area contributed by atoms with E-state index in [4.69, 9.17) is 0 Å². The lowest BCUT2D eigenvalue weighted by Gasteiger charge is -2.15. The van der Waals surface area contributed by atoms with E-state index in [0.29, 0.717) is 11.5 Å². The highest BCUT2D eigenvalue weighted by atomic mass is 16.1. The molecule has 0 N–H and O–H groups in total. The fraction of sp³-hybridized carbons (Fsp3) is 0.750. The second kappa shape index (κ2) is 2.26. The molecule has 1 aliphatic rings. The second-order valence-corrected chi connectivity index (χ2v) is 3.52. The SMILES string of the molecule is C[CH]N(C=O)[C@H]1CC1(C)C. The second-order valence-electron chi connectivity index (χ2n) is 3.52. The van der Waals surface area contributed by atoms with E-state index in [9.17, 15) is 4.79 Å². The quantitative estimate of drug-likeness (QED) is 0.543. The lowest BCUT2D eigenvalue weighted by Crippen LogP contribution is -2.23. The molecule has 0 bridgehead atoms. The Bertz CT molecular complexity index is 142. The highest BCUT2D eigenvalue weighted by molar-refractivity contribution is 5.50. The van der Waals surface area contributed by atoms with Gasteiger partial charge >= 0.3 is 0 Å². The number of amides is 1. The fourth-order valence-corrected chi connectivity index (χ4v) is 1.26. The average molecular weight is 140 g/mol. The first-order valence-corrected chi connectivity index (χ1v) is 3.64. The molecule has 0 unspecified atom stereocenters. The average Bonchev–Trinajstić information content (AvgIpc) is 2.44. The number of nitrogens with zero attached hydrogens (tertiary/aromatic N) is 1. The molecule has 1 fully saturated rings. The molecule has 1 aliphatic carbocycles. The summed E-state index contributed by atoms with van der Waals surface area (Å²) in [5.74, 6) is 0. The van der Waals surface area contributed by atoms with Gasteiger partial charge in [-0.05, 0) is 18.8 Å². The normalized spacial score (nSPS) is 27.7. The first-order valence-electron chi connectivity index (χ1n) is 3.64. The van der Waals surface area contributed by atoms with Gasteiger partial charge in [-0.25, -0.2) is 0 Å². The van der Waals surface area contributed by atoms with Gasteiger partial charge in [0, 0.05) is 12.6 Å². The molecular formula is C8H14NO. The molecular weight excluding hydrogens is 126 g/mol. The van der Waals surface area contributed by atoms with Crippen LogP contribution in [0.2, 0.25) is 0 Å². The Labute approximate surface area is 62.2 Å². The summed E-state index contributed by atoms with van der Waals surface area (Å²) in [6.45, 7) is 8.09. The minimum atomic E-state index is 0.355. The van der Waals surface area contributed by atoms with Crippen molar-refractivity contribution in [2.24, 2.45) is 5.41 Å². The number of hydrogen-bond acceptors (Lipinski definition) is 1. The molecule has 0 aliphatic heterocycles. The van der Waals surface area contributed by atoms with E-state index in [1.807, 2.05) is 13.5 Å². The van der Waals surface area contributed by atoms with Crippen molar-refractivity contribution < 1.29 is 4.79 Å². The summed E-state index contributed by atoms with van der Waals surface area (Å²) < 4.78 is 0. The topological polar surface area (TPSA) is 20.3 Å². The number of carbonyl (C=O) groups excluding carboxylic acids is 1. The van der Waals surface area contributed by atoms with Gasteiger partial charge in [0.1, 0.15) is 0 Å². The molecule has 1 rings (SSSR count). The molecule has 0 saturated heterocycles. The molecule has 0 aromatic carbocycles. The lowest BCUT2D eigenvalue weighted by molar-refractivity contribution is -0.117. The van der Waals surface area contributed by atoms with E-state index >= 15 is 0 Å². The standard InChI is InChI=1S/C8H14NO/c1-4-9(6-10)7-5-8(7,2)3/h4,6-7H,5H2,1-3H3/t7-/m0/s1. The summed E-state index contributed by atoms with van der Waals surface area (Å²) in [5.41, 5.74) is 0.355. The number of carbonyl (C=O) groups is 1. The summed E-state index contributed by atoms with van der Waals surface area (Å²) in [6.07, 6.45) is 2.04. The molecule has 2 nitrogen and oxygen atoms in total. The van der Waals surface area contributed by atoms with Crippen LogP contribution >= 0.6 is 0 Å². The van der Waals surface area contributed by atoms with Gasteiger partial charge in [-0.3, -0.25) is 4.79 Å². The number of rotatable bonds is 3. The molecule has 1 amide bonds. The van der Waals surface area contributed by atoms with Gasteiger partial charge in [0.2, 0.25) is 6.41 Å². The first-order chi connectivity index (χ1) is 4.61. The lowest BCUT2D eigenvalue weighted by atomic mass is 10.2. The molecule has 57 valence electrons. The highest BCUT2D eigenvalue weighted by Crippen LogP contribution is 2.48. The van der Waals surface area contributed by atoms with Crippen LogP contribution in [0.25, 0.3) is 0 Å². The Balaban J connectivity index is 2.44. The predicted octanol–water partition coefficient (Wildman–Crippen LogP) is 1.42. The van der Waals surface area contributed by atoms with Crippen LogP contribution in [0, 0.1) is 12.0 Å². The van der Waals surface area contributed by atoms with E-state index < -0.39 is 0 Å². The van der Waals surface area contributed by atoms with Crippen molar-refractivity contribution in [2.45, 2.75) is 33.2 Å². The van der Waals surface area contributed by atoms with Gasteiger partial charge < -0.3 is 4.90 Å². The maximum atomic E-state index is 10.4. The van der Waals surface area contributed by atoms with Crippen molar-refractivity contribution in [1.29, 1.82) is 0 Å². The zero-order chi connectivity index (χ0) is 7.78. The Morgan fingerprint density at radius 3 is 2.20 bits per heavy atom. The molecule has 0 aromatic heterocycles. The van der Waals surface area contributed by atoms with Crippen LogP contribution in [-0.4, -0.2) is 17.4 Å². The van der Waals surface area contributed by atoms with Gasteiger partial charge in [-0.1, -0.05) is 13.8 Å². The maximum absolute atomic E-state index is 10.4. The van der Waals surface area contributed by atoms with Crippen molar-refractivity contribution in [3.05, 3.63) is 6.54 Å². The van der Waals surface area contributed by atoms with Gasteiger partial charge in [0.05, 0.1) is 0 Å². The van der Waals surface area contributed by atoms with Crippen LogP contribution in [-0.2, 0) is 4.79 Å². The molecule has 1 radical (unpaired) electrons. The van der Waals surface area contributed by atoms with Crippen LogP contribution in [0.15, 0.2) is 0 Å². The summed E-state index contributed by atoms with van der Waals surface area (Å²) in [6, 6.07) is 0.454.